The highest BCUT2D eigenvalue weighted by Crippen LogP contribution is 2.37. The van der Waals surface area contributed by atoms with Crippen LogP contribution in [0.15, 0.2) is 24.5 Å². The molecule has 0 aliphatic carbocycles. The molecule has 2 fully saturated rings. The SMILES string of the molecule is C#CCCN1CCN(C(=O)[C@H]2CC(=O)N(C)[C@H]2c2cccnc2)CC1. The molecule has 2 atom stereocenters. The minimum absolute atomic E-state index is 0.0138. The number of pyridine rings is 1. The second-order valence-corrected chi connectivity index (χ2v) is 6.67. The van der Waals surface area contributed by atoms with Gasteiger partial charge in [0.2, 0.25) is 11.8 Å². The van der Waals surface area contributed by atoms with Gasteiger partial charge in [-0.25, -0.2) is 0 Å². The number of carbonyl (C=O) groups is 2. The molecule has 3 heterocycles. The predicted molar refractivity (Wildman–Crippen MR) is 94.3 cm³/mol. The molecule has 1 aromatic heterocycles. The number of nitrogens with zero attached hydrogens (tertiary/aromatic N) is 4. The molecule has 0 bridgehead atoms. The lowest BCUT2D eigenvalue weighted by atomic mass is 9.93. The van der Waals surface area contributed by atoms with E-state index in [4.69, 9.17) is 6.42 Å². The van der Waals surface area contributed by atoms with Crippen molar-refractivity contribution in [1.29, 1.82) is 0 Å². The second-order valence-electron chi connectivity index (χ2n) is 6.67. The van der Waals surface area contributed by atoms with Crippen LogP contribution in [0.3, 0.4) is 0 Å². The zero-order valence-corrected chi connectivity index (χ0v) is 14.6. The summed E-state index contributed by atoms with van der Waals surface area (Å²) in [6.07, 6.45) is 9.77. The number of likely N-dealkylation sites (tertiary alicyclic amines) is 1. The number of piperazine rings is 1. The minimum atomic E-state index is -0.334. The van der Waals surface area contributed by atoms with E-state index in [0.717, 1.165) is 31.6 Å². The van der Waals surface area contributed by atoms with E-state index in [9.17, 15) is 9.59 Å². The van der Waals surface area contributed by atoms with Crippen LogP contribution in [0.1, 0.15) is 24.4 Å². The Bertz CT molecular complexity index is 662. The van der Waals surface area contributed by atoms with Gasteiger partial charge in [-0.05, 0) is 11.6 Å². The van der Waals surface area contributed by atoms with Crippen LogP contribution in [0.2, 0.25) is 0 Å². The largest absolute Gasteiger partial charge is 0.340 e. The monoisotopic (exact) mass is 340 g/mol. The second kappa shape index (κ2) is 7.66. The first-order chi connectivity index (χ1) is 12.1. The summed E-state index contributed by atoms with van der Waals surface area (Å²) >= 11 is 0. The van der Waals surface area contributed by atoms with Gasteiger partial charge >= 0.3 is 0 Å². The molecule has 132 valence electrons. The molecule has 0 radical (unpaired) electrons. The highest BCUT2D eigenvalue weighted by atomic mass is 16.2. The van der Waals surface area contributed by atoms with Crippen molar-refractivity contribution in [3.63, 3.8) is 0 Å². The van der Waals surface area contributed by atoms with Gasteiger partial charge in [0, 0.05) is 65.0 Å². The molecule has 6 heteroatoms. The molecule has 2 saturated heterocycles. The molecular formula is C19H24N4O2. The van der Waals surface area contributed by atoms with E-state index in [-0.39, 0.29) is 30.2 Å². The zero-order chi connectivity index (χ0) is 17.8. The first-order valence-corrected chi connectivity index (χ1v) is 8.72. The Labute approximate surface area is 148 Å². The van der Waals surface area contributed by atoms with Crippen molar-refractivity contribution in [2.75, 3.05) is 39.8 Å². The van der Waals surface area contributed by atoms with Crippen molar-refractivity contribution in [2.45, 2.75) is 18.9 Å². The molecule has 0 unspecified atom stereocenters. The van der Waals surface area contributed by atoms with Gasteiger partial charge in [0.25, 0.3) is 0 Å². The Hall–Kier alpha value is -2.39. The molecule has 0 N–H and O–H groups in total. The lowest BCUT2D eigenvalue weighted by Gasteiger charge is -2.36. The number of rotatable bonds is 4. The first-order valence-electron chi connectivity index (χ1n) is 8.72. The van der Waals surface area contributed by atoms with E-state index in [2.05, 4.69) is 15.8 Å². The molecule has 3 rings (SSSR count). The maximum absolute atomic E-state index is 13.1. The summed E-state index contributed by atoms with van der Waals surface area (Å²) in [5.41, 5.74) is 0.918. The number of terminal acetylenes is 1. The molecule has 2 aliphatic rings. The lowest BCUT2D eigenvalue weighted by Crippen LogP contribution is -2.50. The number of hydrogen-bond donors (Lipinski definition) is 0. The van der Waals surface area contributed by atoms with Gasteiger partial charge in [-0.15, -0.1) is 12.3 Å². The molecule has 0 spiro atoms. The summed E-state index contributed by atoms with van der Waals surface area (Å²) in [5, 5.41) is 0. The summed E-state index contributed by atoms with van der Waals surface area (Å²) in [6.45, 7) is 3.93. The maximum Gasteiger partial charge on any atom is 0.228 e. The van der Waals surface area contributed by atoms with Crippen LogP contribution in [0.4, 0.5) is 0 Å². The fraction of sp³-hybridized carbons (Fsp3) is 0.526. The zero-order valence-electron chi connectivity index (χ0n) is 14.6. The summed E-state index contributed by atoms with van der Waals surface area (Å²) in [4.78, 5) is 35.3. The van der Waals surface area contributed by atoms with Crippen LogP contribution in [-0.4, -0.2) is 71.3 Å². The van der Waals surface area contributed by atoms with Crippen LogP contribution in [0.25, 0.3) is 0 Å². The predicted octanol–water partition coefficient (Wildman–Crippen LogP) is 0.768. The fourth-order valence-corrected chi connectivity index (χ4v) is 3.75. The average Bonchev–Trinajstić information content (AvgIpc) is 2.95. The highest BCUT2D eigenvalue weighted by molar-refractivity contribution is 5.90. The smallest absolute Gasteiger partial charge is 0.228 e. The van der Waals surface area contributed by atoms with Crippen LogP contribution in [-0.2, 0) is 9.59 Å². The number of amides is 2. The average molecular weight is 340 g/mol. The third kappa shape index (κ3) is 3.67. The van der Waals surface area contributed by atoms with E-state index >= 15 is 0 Å². The van der Waals surface area contributed by atoms with Gasteiger partial charge in [0.1, 0.15) is 0 Å². The quantitative estimate of drug-likeness (QED) is 0.760. The van der Waals surface area contributed by atoms with Crippen LogP contribution >= 0.6 is 0 Å². The van der Waals surface area contributed by atoms with Gasteiger partial charge in [-0.1, -0.05) is 6.07 Å². The lowest BCUT2D eigenvalue weighted by molar-refractivity contribution is -0.138. The Balaban J connectivity index is 1.69. The van der Waals surface area contributed by atoms with E-state index in [1.54, 1.807) is 24.3 Å². The Morgan fingerprint density at radius 3 is 2.76 bits per heavy atom. The third-order valence-electron chi connectivity index (χ3n) is 5.19. The summed E-state index contributed by atoms with van der Waals surface area (Å²) in [5.74, 6) is 2.41. The number of carbonyl (C=O) groups excluding carboxylic acids is 2. The van der Waals surface area contributed by atoms with Crippen molar-refractivity contribution in [2.24, 2.45) is 5.92 Å². The van der Waals surface area contributed by atoms with Crippen LogP contribution < -0.4 is 0 Å². The van der Waals surface area contributed by atoms with Crippen LogP contribution in [0, 0.1) is 18.3 Å². The van der Waals surface area contributed by atoms with Crippen molar-refractivity contribution in [3.05, 3.63) is 30.1 Å². The Morgan fingerprint density at radius 1 is 1.36 bits per heavy atom. The first kappa shape index (κ1) is 17.4. The highest BCUT2D eigenvalue weighted by Gasteiger charge is 2.44. The van der Waals surface area contributed by atoms with Gasteiger partial charge in [-0.2, -0.15) is 0 Å². The van der Waals surface area contributed by atoms with Crippen LogP contribution in [0.5, 0.6) is 0 Å². The van der Waals surface area contributed by atoms with Crippen molar-refractivity contribution in [1.82, 2.24) is 19.7 Å². The van der Waals surface area contributed by atoms with Gasteiger partial charge in [-0.3, -0.25) is 19.5 Å². The van der Waals surface area contributed by atoms with E-state index in [1.165, 1.54) is 0 Å². The molecule has 0 saturated carbocycles. The van der Waals surface area contributed by atoms with Gasteiger partial charge in [0.05, 0.1) is 12.0 Å². The standard InChI is InChI=1S/C19H24N4O2/c1-3-4-8-22-9-11-23(12-10-22)19(25)16-13-17(24)21(2)18(16)15-6-5-7-20-14-15/h1,5-7,14,16,18H,4,8-13H2,2H3/t16-,18-/m0/s1. The molecular weight excluding hydrogens is 316 g/mol. The number of aromatic nitrogens is 1. The fourth-order valence-electron chi connectivity index (χ4n) is 3.75. The molecule has 6 nitrogen and oxygen atoms in total. The normalized spacial score (nSPS) is 24.4. The summed E-state index contributed by atoms with van der Waals surface area (Å²) < 4.78 is 0. The molecule has 0 aromatic carbocycles. The Kier molecular flexibility index (Phi) is 5.34. The van der Waals surface area contributed by atoms with Crippen molar-refractivity contribution in [3.8, 4) is 12.3 Å². The molecule has 2 amide bonds. The van der Waals surface area contributed by atoms with E-state index < -0.39 is 0 Å². The molecule has 25 heavy (non-hydrogen) atoms. The summed E-state index contributed by atoms with van der Waals surface area (Å²) in [6, 6.07) is 3.55. The van der Waals surface area contributed by atoms with Crippen molar-refractivity contribution >= 4 is 11.8 Å². The van der Waals surface area contributed by atoms with Gasteiger partial charge in [0.15, 0.2) is 0 Å². The molecule has 2 aliphatic heterocycles. The summed E-state index contributed by atoms with van der Waals surface area (Å²) in [7, 11) is 1.77. The Morgan fingerprint density at radius 2 is 2.12 bits per heavy atom. The molecule has 1 aromatic rings. The maximum atomic E-state index is 13.1. The third-order valence-corrected chi connectivity index (χ3v) is 5.19. The van der Waals surface area contributed by atoms with E-state index in [0.29, 0.717) is 13.1 Å². The van der Waals surface area contributed by atoms with Gasteiger partial charge < -0.3 is 9.80 Å². The minimum Gasteiger partial charge on any atom is -0.340 e. The van der Waals surface area contributed by atoms with E-state index in [1.807, 2.05) is 17.0 Å². The number of hydrogen-bond acceptors (Lipinski definition) is 4. The topological polar surface area (TPSA) is 56.8 Å². The van der Waals surface area contributed by atoms with Crippen molar-refractivity contribution < 1.29 is 9.59 Å².